The monoisotopic (exact) mass is 1140 g/mol. The van der Waals surface area contributed by atoms with E-state index >= 15 is 0 Å². The standard InChI is InChI=1S/C70H127N2O7P/c1-7-10-13-16-19-22-25-28-30-32-34-35-36-37-39-40-42-44-47-50-53-56-59-62-69(73)71-67(66-78-80(75,76)77-65-64-72(4,5)6)68(61-58-55-52-49-46-27-24-21-18-15-12-9-3)79-70(74)63-60-57-54-51-48-45-43-41-38-33-31-29-26-23-20-17-14-11-8-2/h19-20,22-23,28-31,34-35,38,41,58,61,67-68H,7-18,21,24-27,32-33,36-37,39-40,42-57,59-60,62-66H2,1-6H3,(H-,71,73,75,76)/p+1/b22-19-,23-20-,30-28-,31-29-,35-34-,41-38-,61-58-. The van der Waals surface area contributed by atoms with Crippen molar-refractivity contribution in [1.82, 2.24) is 5.32 Å². The summed E-state index contributed by atoms with van der Waals surface area (Å²) >= 11 is 0. The lowest BCUT2D eigenvalue weighted by Gasteiger charge is -2.27. The van der Waals surface area contributed by atoms with Gasteiger partial charge in [0.15, 0.2) is 0 Å². The van der Waals surface area contributed by atoms with Crippen LogP contribution in [0.15, 0.2) is 85.1 Å². The van der Waals surface area contributed by atoms with Crippen molar-refractivity contribution in [1.29, 1.82) is 0 Å². The van der Waals surface area contributed by atoms with Crippen LogP contribution in [-0.2, 0) is 27.9 Å². The molecule has 0 saturated heterocycles. The molecule has 0 aromatic rings. The summed E-state index contributed by atoms with van der Waals surface area (Å²) in [5.74, 6) is -0.521. The van der Waals surface area contributed by atoms with Crippen LogP contribution in [0.3, 0.4) is 0 Å². The van der Waals surface area contributed by atoms with Crippen molar-refractivity contribution in [3.05, 3.63) is 85.1 Å². The summed E-state index contributed by atoms with van der Waals surface area (Å²) in [6.07, 6.45) is 78.6. The van der Waals surface area contributed by atoms with Gasteiger partial charge in [0.1, 0.15) is 19.3 Å². The van der Waals surface area contributed by atoms with Crippen LogP contribution in [-0.4, -0.2) is 74.3 Å². The van der Waals surface area contributed by atoms with Crippen molar-refractivity contribution in [2.24, 2.45) is 0 Å². The van der Waals surface area contributed by atoms with Crippen molar-refractivity contribution in [3.8, 4) is 0 Å². The Morgan fingerprint density at radius 1 is 0.438 bits per heavy atom. The van der Waals surface area contributed by atoms with E-state index < -0.39 is 20.0 Å². The van der Waals surface area contributed by atoms with Crippen LogP contribution in [0, 0.1) is 0 Å². The number of rotatable bonds is 60. The number of allylic oxidation sites excluding steroid dienone is 13. The fourth-order valence-electron chi connectivity index (χ4n) is 9.37. The zero-order valence-corrected chi connectivity index (χ0v) is 54.0. The van der Waals surface area contributed by atoms with Gasteiger partial charge in [-0.3, -0.25) is 18.6 Å². The topological polar surface area (TPSA) is 111 Å². The number of phosphoric acid groups is 1. The molecule has 0 rings (SSSR count). The third-order valence-electron chi connectivity index (χ3n) is 14.6. The van der Waals surface area contributed by atoms with Crippen molar-refractivity contribution < 1.29 is 37.3 Å². The molecule has 0 bridgehead atoms. The van der Waals surface area contributed by atoms with Crippen LogP contribution in [0.25, 0.3) is 0 Å². The first-order valence-electron chi connectivity index (χ1n) is 33.4. The summed E-state index contributed by atoms with van der Waals surface area (Å²) in [5.41, 5.74) is 0. The molecule has 0 aromatic carbocycles. The molecule has 0 radical (unpaired) electrons. The SMILES string of the molecule is CCCCC/C=C\C/C=C\C/C=C\CCCCCCCCCCCCC(=O)NC(COP(=O)(O)OCC[N+](C)(C)C)C(/C=C\CCCCCCCCCCCC)OC(=O)CCCCCCCC/C=C\C/C=C\C/C=C\CCCCC. The first-order chi connectivity index (χ1) is 38.9. The maximum atomic E-state index is 13.6. The van der Waals surface area contributed by atoms with Crippen LogP contribution < -0.4 is 5.32 Å². The number of esters is 1. The summed E-state index contributed by atoms with van der Waals surface area (Å²) in [7, 11) is 1.48. The number of phosphoric ester groups is 1. The number of hydrogen-bond donors (Lipinski definition) is 2. The number of amides is 1. The molecule has 1 amide bonds. The Morgan fingerprint density at radius 3 is 1.16 bits per heavy atom. The fourth-order valence-corrected chi connectivity index (χ4v) is 10.1. The third kappa shape index (κ3) is 59.8. The second kappa shape index (κ2) is 59.4. The van der Waals surface area contributed by atoms with Crippen molar-refractivity contribution >= 4 is 19.7 Å². The predicted molar refractivity (Wildman–Crippen MR) is 346 cm³/mol. The number of ether oxygens (including phenoxy) is 1. The van der Waals surface area contributed by atoms with Gasteiger partial charge < -0.3 is 19.4 Å². The molecule has 0 aliphatic rings. The summed E-state index contributed by atoms with van der Waals surface area (Å²) < 4.78 is 30.8. The molecule has 2 N–H and O–H groups in total. The van der Waals surface area contributed by atoms with E-state index in [4.69, 9.17) is 13.8 Å². The molecular formula is C70H128N2O7P+. The molecule has 10 heteroatoms. The summed E-state index contributed by atoms with van der Waals surface area (Å²) in [6, 6.07) is -0.860. The van der Waals surface area contributed by atoms with Crippen molar-refractivity contribution in [2.75, 3.05) is 40.9 Å². The summed E-state index contributed by atoms with van der Waals surface area (Å²) in [4.78, 5) is 37.8. The molecule has 0 aliphatic heterocycles. The Morgan fingerprint density at radius 2 is 0.762 bits per heavy atom. The Hall–Kier alpha value is -2.81. The van der Waals surface area contributed by atoms with E-state index in [2.05, 4.69) is 99.0 Å². The van der Waals surface area contributed by atoms with Crippen LogP contribution in [0.5, 0.6) is 0 Å². The largest absolute Gasteiger partial charge is 0.472 e. The number of carbonyl (C=O) groups is 2. The van der Waals surface area contributed by atoms with Crippen molar-refractivity contribution in [2.45, 2.75) is 309 Å². The third-order valence-corrected chi connectivity index (χ3v) is 15.5. The van der Waals surface area contributed by atoms with E-state index in [0.717, 1.165) is 96.3 Å². The molecule has 0 heterocycles. The van der Waals surface area contributed by atoms with Gasteiger partial charge in [-0.05, 0) is 109 Å². The number of unbranched alkanes of at least 4 members (excludes halogenated alkanes) is 32. The number of nitrogens with zero attached hydrogens (tertiary/aromatic N) is 1. The molecule has 0 saturated carbocycles. The zero-order chi connectivity index (χ0) is 58.6. The van der Waals surface area contributed by atoms with E-state index in [9.17, 15) is 19.0 Å². The maximum absolute atomic E-state index is 13.6. The highest BCUT2D eigenvalue weighted by Gasteiger charge is 2.30. The van der Waals surface area contributed by atoms with E-state index in [1.54, 1.807) is 0 Å². The fraction of sp³-hybridized carbons (Fsp3) is 0.771. The van der Waals surface area contributed by atoms with Gasteiger partial charge in [-0.1, -0.05) is 260 Å². The summed E-state index contributed by atoms with van der Waals surface area (Å²) in [5, 5.41) is 3.06. The number of carbonyl (C=O) groups excluding carboxylic acids is 2. The Labute approximate surface area is 495 Å². The lowest BCUT2D eigenvalue weighted by atomic mass is 10.0. The minimum atomic E-state index is -4.46. The zero-order valence-electron chi connectivity index (χ0n) is 53.1. The molecular weight excluding hydrogens is 1010 g/mol. The van der Waals surface area contributed by atoms with E-state index in [0.29, 0.717) is 17.4 Å². The molecule has 0 aromatic heterocycles. The average molecular weight is 1140 g/mol. The summed E-state index contributed by atoms with van der Waals surface area (Å²) in [6.45, 7) is 6.96. The highest BCUT2D eigenvalue weighted by Crippen LogP contribution is 2.43. The Kier molecular flexibility index (Phi) is 57.3. The van der Waals surface area contributed by atoms with Crippen LogP contribution in [0.2, 0.25) is 0 Å². The van der Waals surface area contributed by atoms with Crippen LogP contribution >= 0.6 is 7.82 Å². The van der Waals surface area contributed by atoms with Gasteiger partial charge >= 0.3 is 13.8 Å². The number of likely N-dealkylation sites (N-methyl/N-ethyl adjacent to an activating group) is 1. The van der Waals surface area contributed by atoms with Gasteiger partial charge in [-0.25, -0.2) is 4.57 Å². The highest BCUT2D eigenvalue weighted by molar-refractivity contribution is 7.47. The highest BCUT2D eigenvalue weighted by atomic mass is 31.2. The van der Waals surface area contributed by atoms with E-state index in [1.807, 2.05) is 33.3 Å². The second-order valence-corrected chi connectivity index (χ2v) is 25.1. The quantitative estimate of drug-likeness (QED) is 0.0205. The molecule has 0 fully saturated rings. The normalized spacial score (nSPS) is 14.1. The molecule has 9 nitrogen and oxygen atoms in total. The molecule has 3 atom stereocenters. The first-order valence-corrected chi connectivity index (χ1v) is 34.9. The van der Waals surface area contributed by atoms with Crippen LogP contribution in [0.1, 0.15) is 297 Å². The predicted octanol–water partition coefficient (Wildman–Crippen LogP) is 21.0. The minimum absolute atomic E-state index is 0.0342. The smallest absolute Gasteiger partial charge is 0.456 e. The molecule has 0 spiro atoms. The second-order valence-electron chi connectivity index (χ2n) is 23.6. The number of nitrogens with one attached hydrogen (secondary N) is 1. The molecule has 0 aliphatic carbocycles. The van der Waals surface area contributed by atoms with Gasteiger partial charge in [0.2, 0.25) is 5.91 Å². The minimum Gasteiger partial charge on any atom is -0.456 e. The number of quaternary nitrogens is 1. The molecule has 80 heavy (non-hydrogen) atoms. The lowest BCUT2D eigenvalue weighted by molar-refractivity contribution is -0.870. The van der Waals surface area contributed by atoms with E-state index in [1.165, 1.54) is 167 Å². The lowest BCUT2D eigenvalue weighted by Crippen LogP contribution is -2.47. The Bertz CT molecular complexity index is 1640. The van der Waals surface area contributed by atoms with E-state index in [-0.39, 0.29) is 31.5 Å². The molecule has 464 valence electrons. The maximum Gasteiger partial charge on any atom is 0.472 e. The molecule has 3 unspecified atom stereocenters. The number of hydrogen-bond acceptors (Lipinski definition) is 6. The van der Waals surface area contributed by atoms with Gasteiger partial charge in [0.05, 0.1) is 33.8 Å². The Balaban J connectivity index is 5.19. The van der Waals surface area contributed by atoms with Gasteiger partial charge in [0, 0.05) is 12.8 Å². The van der Waals surface area contributed by atoms with Crippen molar-refractivity contribution in [3.63, 3.8) is 0 Å². The van der Waals surface area contributed by atoms with Gasteiger partial charge in [-0.15, -0.1) is 0 Å². The first kappa shape index (κ1) is 77.2. The van der Waals surface area contributed by atoms with Gasteiger partial charge in [0.25, 0.3) is 0 Å². The van der Waals surface area contributed by atoms with Crippen LogP contribution in [0.4, 0.5) is 0 Å². The average Bonchev–Trinajstić information content (AvgIpc) is 3.42. The van der Waals surface area contributed by atoms with Gasteiger partial charge in [-0.2, -0.15) is 0 Å².